The molecule has 50 valence electrons. The van der Waals surface area contributed by atoms with Gasteiger partial charge in [-0.3, -0.25) is 4.79 Å². The molecule has 3 heteroatoms. The zero-order valence-corrected chi connectivity index (χ0v) is 5.53. The Morgan fingerprint density at radius 3 is 2.90 bits per heavy atom. The van der Waals surface area contributed by atoms with Crippen LogP contribution < -0.4 is 5.43 Å². The van der Waals surface area contributed by atoms with Gasteiger partial charge in [0.05, 0.1) is 0 Å². The molecule has 0 saturated carbocycles. The second-order valence-electron chi connectivity index (χ2n) is 2.00. The molecule has 1 aromatic rings. The quantitative estimate of drug-likeness (QED) is 0.510. The predicted molar refractivity (Wildman–Crippen MR) is 36.4 cm³/mol. The van der Waals surface area contributed by atoms with Gasteiger partial charge in [0.15, 0.2) is 5.43 Å². The van der Waals surface area contributed by atoms with E-state index in [0.717, 1.165) is 0 Å². The second kappa shape index (κ2) is 2.36. The summed E-state index contributed by atoms with van der Waals surface area (Å²) in [6.45, 7) is 0. The Balaban J connectivity index is 3.40. The summed E-state index contributed by atoms with van der Waals surface area (Å²) in [6.07, 6.45) is 3.12. The van der Waals surface area contributed by atoms with Gasteiger partial charge in [0.25, 0.3) is 0 Å². The molecule has 1 aromatic heterocycles. The van der Waals surface area contributed by atoms with Crippen LogP contribution in [0.2, 0.25) is 0 Å². The standard InChI is InChI=1S/C7H6N2O/c1-9-3-2-7(10)6(4-8)5-9/h2-3,5H,1H3. The zero-order valence-electron chi connectivity index (χ0n) is 5.53. The molecule has 0 aliphatic heterocycles. The molecule has 0 N–H and O–H groups in total. The van der Waals surface area contributed by atoms with Crippen molar-refractivity contribution in [2.24, 2.45) is 7.05 Å². The van der Waals surface area contributed by atoms with E-state index in [1.165, 1.54) is 12.3 Å². The molecule has 0 spiro atoms. The SMILES string of the molecule is Cn1ccc(=O)c(C#N)c1. The molecule has 0 unspecified atom stereocenters. The average molecular weight is 134 g/mol. The van der Waals surface area contributed by atoms with Crippen molar-refractivity contribution in [3.8, 4) is 6.07 Å². The van der Waals surface area contributed by atoms with E-state index in [2.05, 4.69) is 0 Å². The van der Waals surface area contributed by atoms with Crippen molar-refractivity contribution < 1.29 is 0 Å². The van der Waals surface area contributed by atoms with Gasteiger partial charge in [0.2, 0.25) is 0 Å². The van der Waals surface area contributed by atoms with Crippen molar-refractivity contribution >= 4 is 0 Å². The summed E-state index contributed by atoms with van der Waals surface area (Å²) in [4.78, 5) is 10.8. The molecular weight excluding hydrogens is 128 g/mol. The maximum absolute atomic E-state index is 10.8. The minimum Gasteiger partial charge on any atom is -0.356 e. The van der Waals surface area contributed by atoms with E-state index >= 15 is 0 Å². The molecule has 1 heterocycles. The average Bonchev–Trinajstić information content (AvgIpc) is 1.94. The van der Waals surface area contributed by atoms with Crippen molar-refractivity contribution in [1.29, 1.82) is 5.26 Å². The minimum atomic E-state index is -0.222. The third kappa shape index (κ3) is 1.06. The summed E-state index contributed by atoms with van der Waals surface area (Å²) >= 11 is 0. The fraction of sp³-hybridized carbons (Fsp3) is 0.143. The Hall–Kier alpha value is -1.56. The highest BCUT2D eigenvalue weighted by atomic mass is 16.1. The van der Waals surface area contributed by atoms with E-state index in [9.17, 15) is 4.79 Å². The molecular formula is C7H6N2O. The summed E-state index contributed by atoms with van der Waals surface area (Å²) in [5.74, 6) is 0. The van der Waals surface area contributed by atoms with Crippen molar-refractivity contribution in [3.05, 3.63) is 34.2 Å². The van der Waals surface area contributed by atoms with Gasteiger partial charge in [-0.05, 0) is 0 Å². The summed E-state index contributed by atoms with van der Waals surface area (Å²) in [5.41, 5.74) is -0.0365. The molecule has 0 aliphatic rings. The highest BCUT2D eigenvalue weighted by Crippen LogP contribution is 1.85. The molecule has 10 heavy (non-hydrogen) atoms. The number of nitriles is 1. The Bertz CT molecular complexity index is 332. The van der Waals surface area contributed by atoms with Crippen LogP contribution in [0.1, 0.15) is 5.56 Å². The van der Waals surface area contributed by atoms with Gasteiger partial charge in [-0.1, -0.05) is 0 Å². The number of rotatable bonds is 0. The summed E-state index contributed by atoms with van der Waals surface area (Å²) in [7, 11) is 1.76. The molecule has 0 amide bonds. The largest absolute Gasteiger partial charge is 0.356 e. The fourth-order valence-corrected chi connectivity index (χ4v) is 0.669. The highest BCUT2D eigenvalue weighted by Gasteiger charge is 1.93. The number of pyridine rings is 1. The smallest absolute Gasteiger partial charge is 0.199 e. The van der Waals surface area contributed by atoms with Gasteiger partial charge in [-0.2, -0.15) is 5.26 Å². The first-order valence-corrected chi connectivity index (χ1v) is 2.80. The van der Waals surface area contributed by atoms with E-state index in [0.29, 0.717) is 0 Å². The van der Waals surface area contributed by atoms with Crippen LogP contribution in [0.5, 0.6) is 0 Å². The van der Waals surface area contributed by atoms with Crippen LogP contribution in [0.15, 0.2) is 23.3 Å². The monoisotopic (exact) mass is 134 g/mol. The Morgan fingerprint density at radius 2 is 2.40 bits per heavy atom. The molecule has 3 nitrogen and oxygen atoms in total. The molecule has 1 rings (SSSR count). The summed E-state index contributed by atoms with van der Waals surface area (Å²) < 4.78 is 1.67. The first kappa shape index (κ1) is 6.56. The number of aromatic nitrogens is 1. The van der Waals surface area contributed by atoms with E-state index in [1.807, 2.05) is 0 Å². The summed E-state index contributed by atoms with van der Waals surface area (Å²) in [5, 5.41) is 8.38. The first-order valence-electron chi connectivity index (χ1n) is 2.80. The van der Waals surface area contributed by atoms with Crippen LogP contribution in [-0.2, 0) is 7.05 Å². The van der Waals surface area contributed by atoms with Gasteiger partial charge in [0.1, 0.15) is 11.6 Å². The normalized spacial score (nSPS) is 8.80. The van der Waals surface area contributed by atoms with E-state index in [1.54, 1.807) is 23.9 Å². The van der Waals surface area contributed by atoms with E-state index < -0.39 is 0 Å². The maximum atomic E-state index is 10.8. The molecule has 0 fully saturated rings. The second-order valence-corrected chi connectivity index (χ2v) is 2.00. The minimum absolute atomic E-state index is 0.185. The lowest BCUT2D eigenvalue weighted by atomic mass is 10.3. The van der Waals surface area contributed by atoms with Gasteiger partial charge < -0.3 is 4.57 Å². The molecule has 0 bridgehead atoms. The van der Waals surface area contributed by atoms with Crippen molar-refractivity contribution in [2.75, 3.05) is 0 Å². The van der Waals surface area contributed by atoms with Crippen molar-refractivity contribution in [1.82, 2.24) is 4.57 Å². The lowest BCUT2D eigenvalue weighted by Gasteiger charge is -1.93. The third-order valence-electron chi connectivity index (χ3n) is 1.18. The van der Waals surface area contributed by atoms with Crippen molar-refractivity contribution in [3.63, 3.8) is 0 Å². The van der Waals surface area contributed by atoms with Crippen molar-refractivity contribution in [2.45, 2.75) is 0 Å². The molecule has 0 radical (unpaired) electrons. The topological polar surface area (TPSA) is 45.8 Å². The van der Waals surface area contributed by atoms with Gasteiger partial charge in [0, 0.05) is 25.5 Å². The predicted octanol–water partition coefficient (Wildman–Crippen LogP) is 0.257. The Morgan fingerprint density at radius 1 is 1.70 bits per heavy atom. The fourth-order valence-electron chi connectivity index (χ4n) is 0.669. The third-order valence-corrected chi connectivity index (χ3v) is 1.18. The Kier molecular flexibility index (Phi) is 1.55. The van der Waals surface area contributed by atoms with Crippen LogP contribution in [0.4, 0.5) is 0 Å². The van der Waals surface area contributed by atoms with Gasteiger partial charge >= 0.3 is 0 Å². The number of hydrogen-bond acceptors (Lipinski definition) is 2. The van der Waals surface area contributed by atoms with Gasteiger partial charge in [-0.25, -0.2) is 0 Å². The van der Waals surface area contributed by atoms with Crippen LogP contribution >= 0.6 is 0 Å². The molecule has 0 atom stereocenters. The maximum Gasteiger partial charge on any atom is 0.199 e. The van der Waals surface area contributed by atoms with E-state index in [-0.39, 0.29) is 11.0 Å². The first-order chi connectivity index (χ1) is 4.74. The number of aryl methyl sites for hydroxylation is 1. The van der Waals surface area contributed by atoms with Crippen LogP contribution in [-0.4, -0.2) is 4.57 Å². The van der Waals surface area contributed by atoms with Crippen LogP contribution in [0.3, 0.4) is 0 Å². The molecule has 0 aliphatic carbocycles. The van der Waals surface area contributed by atoms with Gasteiger partial charge in [-0.15, -0.1) is 0 Å². The highest BCUT2D eigenvalue weighted by molar-refractivity contribution is 5.24. The molecule has 0 aromatic carbocycles. The lowest BCUT2D eigenvalue weighted by Crippen LogP contribution is -2.06. The van der Waals surface area contributed by atoms with E-state index in [4.69, 9.17) is 5.26 Å². The molecule has 0 saturated heterocycles. The number of hydrogen-bond donors (Lipinski definition) is 0. The summed E-state index contributed by atoms with van der Waals surface area (Å²) in [6, 6.07) is 3.18. The van der Waals surface area contributed by atoms with Crippen LogP contribution in [0.25, 0.3) is 0 Å². The van der Waals surface area contributed by atoms with Crippen LogP contribution in [0, 0.1) is 11.3 Å². The number of nitrogens with zero attached hydrogens (tertiary/aromatic N) is 2. The lowest BCUT2D eigenvalue weighted by molar-refractivity contribution is 0.896. The zero-order chi connectivity index (χ0) is 7.56. The Labute approximate surface area is 58.1 Å².